The second kappa shape index (κ2) is 12.6. The first kappa shape index (κ1) is 26.6. The van der Waals surface area contributed by atoms with Crippen LogP contribution in [0.5, 0.6) is 0 Å². The Hall–Kier alpha value is -1.65. The van der Waals surface area contributed by atoms with Crippen LogP contribution in [0.25, 0.3) is 0 Å². The van der Waals surface area contributed by atoms with Crippen molar-refractivity contribution in [3.8, 4) is 0 Å². The Morgan fingerprint density at radius 2 is 1.59 bits per heavy atom. The number of likely N-dealkylation sites (N-methyl/N-ethyl adjacent to an activating group) is 1. The number of aliphatic imine (C=N–C) groups is 1. The molecule has 0 atom stereocenters. The summed E-state index contributed by atoms with van der Waals surface area (Å²) < 4.78 is 5.83. The minimum Gasteiger partial charge on any atom is -0.443 e. The molecule has 7 nitrogen and oxygen atoms in total. The van der Waals surface area contributed by atoms with Crippen molar-refractivity contribution in [2.75, 3.05) is 39.8 Å². The number of rotatable bonds is 7. The predicted molar refractivity (Wildman–Crippen MR) is 141 cm³/mol. The molecule has 32 heavy (non-hydrogen) atoms. The molecule has 0 spiro atoms. The summed E-state index contributed by atoms with van der Waals surface area (Å²) in [5, 5.41) is 6.63. The summed E-state index contributed by atoms with van der Waals surface area (Å²) in [6.45, 7) is 16.6. The molecule has 0 aliphatic carbocycles. The molecule has 1 saturated heterocycles. The maximum Gasteiger partial charge on any atom is 0.213 e. The van der Waals surface area contributed by atoms with Gasteiger partial charge < -0.3 is 20.0 Å². The molecular formula is C24H39IN6O. The van der Waals surface area contributed by atoms with Crippen LogP contribution in [0.4, 0.5) is 0 Å². The zero-order valence-corrected chi connectivity index (χ0v) is 22.5. The highest BCUT2D eigenvalue weighted by Gasteiger charge is 2.19. The highest BCUT2D eigenvalue weighted by atomic mass is 127. The molecule has 1 fully saturated rings. The third kappa shape index (κ3) is 8.04. The molecule has 3 rings (SSSR count). The second-order valence-electron chi connectivity index (χ2n) is 9.17. The van der Waals surface area contributed by atoms with E-state index >= 15 is 0 Å². The van der Waals surface area contributed by atoms with Crippen molar-refractivity contribution in [2.45, 2.75) is 52.7 Å². The lowest BCUT2D eigenvalue weighted by molar-refractivity contribution is 0.132. The fourth-order valence-electron chi connectivity index (χ4n) is 3.59. The molecule has 0 unspecified atom stereocenters. The first-order chi connectivity index (χ1) is 14.9. The van der Waals surface area contributed by atoms with Gasteiger partial charge in [-0.05, 0) is 17.7 Å². The standard InChI is InChI=1S/C24H38N6O.HI/c1-6-29-11-13-30(14-12-29)18-20-9-7-19(8-10-20)15-27-23(25-5)28-17-22-26-16-21(31-22)24(2,3)4;/h7-10,16H,6,11-15,17-18H2,1-5H3,(H2,25,27,28);1H. The second-order valence-corrected chi connectivity index (χ2v) is 9.17. The van der Waals surface area contributed by atoms with Gasteiger partial charge in [0.15, 0.2) is 5.96 Å². The van der Waals surface area contributed by atoms with E-state index in [1.807, 2.05) is 0 Å². The van der Waals surface area contributed by atoms with Gasteiger partial charge in [-0.2, -0.15) is 0 Å². The van der Waals surface area contributed by atoms with E-state index in [4.69, 9.17) is 4.42 Å². The number of nitrogens with zero attached hydrogens (tertiary/aromatic N) is 4. The molecule has 0 radical (unpaired) electrons. The van der Waals surface area contributed by atoms with E-state index < -0.39 is 0 Å². The minimum absolute atomic E-state index is 0. The number of hydrogen-bond acceptors (Lipinski definition) is 5. The number of halogens is 1. The monoisotopic (exact) mass is 554 g/mol. The summed E-state index contributed by atoms with van der Waals surface area (Å²) in [6.07, 6.45) is 1.80. The molecule has 178 valence electrons. The molecule has 0 saturated carbocycles. The lowest BCUT2D eigenvalue weighted by atomic mass is 9.94. The summed E-state index contributed by atoms with van der Waals surface area (Å²) in [5.74, 6) is 2.28. The van der Waals surface area contributed by atoms with Crippen molar-refractivity contribution >= 4 is 29.9 Å². The average molecular weight is 555 g/mol. The normalized spacial score (nSPS) is 16.0. The van der Waals surface area contributed by atoms with E-state index in [1.165, 1.54) is 24.2 Å². The van der Waals surface area contributed by atoms with Crippen LogP contribution < -0.4 is 10.6 Å². The molecule has 2 N–H and O–H groups in total. The van der Waals surface area contributed by atoms with Crippen LogP contribution in [0, 0.1) is 0 Å². The number of oxazole rings is 1. The van der Waals surface area contributed by atoms with E-state index in [2.05, 4.69) is 82.4 Å². The number of hydrogen-bond donors (Lipinski definition) is 2. The third-order valence-corrected chi connectivity index (χ3v) is 5.72. The SMILES string of the molecule is CCN1CCN(Cc2ccc(CNC(=NC)NCc3ncc(C(C)(C)C)o3)cc2)CC1.I. The van der Waals surface area contributed by atoms with Gasteiger partial charge in [-0.3, -0.25) is 9.89 Å². The molecule has 1 aromatic heterocycles. The number of piperazine rings is 1. The highest BCUT2D eigenvalue weighted by molar-refractivity contribution is 14.0. The van der Waals surface area contributed by atoms with Crippen molar-refractivity contribution in [2.24, 2.45) is 4.99 Å². The molecule has 0 bridgehead atoms. The minimum atomic E-state index is -0.0405. The molecule has 1 aromatic carbocycles. The van der Waals surface area contributed by atoms with Gasteiger partial charge in [0.05, 0.1) is 12.7 Å². The lowest BCUT2D eigenvalue weighted by Crippen LogP contribution is -2.45. The van der Waals surface area contributed by atoms with Crippen LogP contribution in [0.1, 0.15) is 50.5 Å². The van der Waals surface area contributed by atoms with Crippen LogP contribution in [0.2, 0.25) is 0 Å². The zero-order valence-electron chi connectivity index (χ0n) is 20.1. The Balaban J connectivity index is 0.00000363. The van der Waals surface area contributed by atoms with Gasteiger partial charge in [-0.15, -0.1) is 24.0 Å². The van der Waals surface area contributed by atoms with Gasteiger partial charge in [0.1, 0.15) is 5.76 Å². The van der Waals surface area contributed by atoms with Gasteiger partial charge in [0.2, 0.25) is 5.89 Å². The smallest absolute Gasteiger partial charge is 0.213 e. The predicted octanol–water partition coefficient (Wildman–Crippen LogP) is 3.59. The molecule has 2 heterocycles. The maximum absolute atomic E-state index is 5.83. The first-order valence-corrected chi connectivity index (χ1v) is 11.3. The van der Waals surface area contributed by atoms with E-state index in [0.29, 0.717) is 19.0 Å². The Labute approximate surface area is 210 Å². The Bertz CT molecular complexity index is 835. The Morgan fingerprint density at radius 1 is 1.00 bits per heavy atom. The topological polar surface area (TPSA) is 68.9 Å². The van der Waals surface area contributed by atoms with Gasteiger partial charge in [0, 0.05) is 51.7 Å². The van der Waals surface area contributed by atoms with Gasteiger partial charge in [-0.1, -0.05) is 52.0 Å². The van der Waals surface area contributed by atoms with Gasteiger partial charge in [0.25, 0.3) is 0 Å². The van der Waals surface area contributed by atoms with Crippen molar-refractivity contribution in [1.82, 2.24) is 25.4 Å². The van der Waals surface area contributed by atoms with Crippen molar-refractivity contribution in [3.63, 3.8) is 0 Å². The third-order valence-electron chi connectivity index (χ3n) is 5.72. The van der Waals surface area contributed by atoms with Crippen molar-refractivity contribution < 1.29 is 4.42 Å². The number of nitrogens with one attached hydrogen (secondary N) is 2. The molecule has 8 heteroatoms. The summed E-state index contributed by atoms with van der Waals surface area (Å²) in [4.78, 5) is 13.7. The maximum atomic E-state index is 5.83. The zero-order chi connectivity index (χ0) is 22.3. The molecule has 2 aromatic rings. The number of benzene rings is 1. The van der Waals surface area contributed by atoms with Gasteiger partial charge >= 0.3 is 0 Å². The van der Waals surface area contributed by atoms with E-state index in [9.17, 15) is 0 Å². The van der Waals surface area contributed by atoms with E-state index in [-0.39, 0.29) is 29.4 Å². The Kier molecular flexibility index (Phi) is 10.4. The van der Waals surface area contributed by atoms with Gasteiger partial charge in [-0.25, -0.2) is 4.98 Å². The van der Waals surface area contributed by atoms with Crippen LogP contribution in [-0.4, -0.2) is 60.5 Å². The molecule has 1 aliphatic rings. The molecule has 0 amide bonds. The number of guanidine groups is 1. The number of aromatic nitrogens is 1. The molecule has 1 aliphatic heterocycles. The van der Waals surface area contributed by atoms with E-state index in [1.54, 1.807) is 13.2 Å². The van der Waals surface area contributed by atoms with Crippen LogP contribution in [0.15, 0.2) is 39.9 Å². The largest absolute Gasteiger partial charge is 0.443 e. The lowest BCUT2D eigenvalue weighted by Gasteiger charge is -2.34. The summed E-state index contributed by atoms with van der Waals surface area (Å²) in [6, 6.07) is 8.86. The van der Waals surface area contributed by atoms with Crippen LogP contribution in [-0.2, 0) is 25.0 Å². The summed E-state index contributed by atoms with van der Waals surface area (Å²) >= 11 is 0. The van der Waals surface area contributed by atoms with E-state index in [0.717, 1.165) is 37.9 Å². The summed E-state index contributed by atoms with van der Waals surface area (Å²) in [7, 11) is 1.77. The Morgan fingerprint density at radius 3 is 2.16 bits per heavy atom. The van der Waals surface area contributed by atoms with Crippen LogP contribution >= 0.6 is 24.0 Å². The van der Waals surface area contributed by atoms with Crippen LogP contribution in [0.3, 0.4) is 0 Å². The highest BCUT2D eigenvalue weighted by Crippen LogP contribution is 2.22. The fourth-order valence-corrected chi connectivity index (χ4v) is 3.59. The quantitative estimate of drug-likeness (QED) is 0.310. The van der Waals surface area contributed by atoms with Crippen molar-refractivity contribution in [1.29, 1.82) is 0 Å². The average Bonchev–Trinajstić information content (AvgIpc) is 3.25. The summed E-state index contributed by atoms with van der Waals surface area (Å²) in [5.41, 5.74) is 2.56. The molecular weight excluding hydrogens is 515 g/mol. The van der Waals surface area contributed by atoms with Crippen molar-refractivity contribution in [3.05, 3.63) is 53.2 Å². The first-order valence-electron chi connectivity index (χ1n) is 11.3. The fraction of sp³-hybridized carbons (Fsp3) is 0.583.